The molecule has 0 radical (unpaired) electrons. The van der Waals surface area contributed by atoms with Crippen molar-refractivity contribution in [2.45, 2.75) is 6.42 Å². The van der Waals surface area contributed by atoms with E-state index in [0.29, 0.717) is 12.5 Å². The molecule has 70 valence electrons. The van der Waals surface area contributed by atoms with E-state index < -0.39 is 0 Å². The summed E-state index contributed by atoms with van der Waals surface area (Å²) in [6.45, 7) is 2.12. The molecule has 1 atom stereocenters. The van der Waals surface area contributed by atoms with Gasteiger partial charge >= 0.3 is 0 Å². The Morgan fingerprint density at radius 3 is 3.00 bits per heavy atom. The second-order valence-electron chi connectivity index (χ2n) is 3.21. The summed E-state index contributed by atoms with van der Waals surface area (Å²) < 4.78 is 0. The van der Waals surface area contributed by atoms with Crippen LogP contribution in [0.15, 0.2) is 0 Å². The summed E-state index contributed by atoms with van der Waals surface area (Å²) in [5, 5.41) is 11.7. The molecule has 0 aromatic carbocycles. The molecular weight excluding hydrogens is 156 g/mol. The van der Waals surface area contributed by atoms with Gasteiger partial charge in [0.2, 0.25) is 5.91 Å². The van der Waals surface area contributed by atoms with Crippen molar-refractivity contribution in [3.05, 3.63) is 0 Å². The van der Waals surface area contributed by atoms with E-state index in [9.17, 15) is 4.79 Å². The lowest BCUT2D eigenvalue weighted by Crippen LogP contribution is -2.35. The van der Waals surface area contributed by atoms with Gasteiger partial charge in [0, 0.05) is 25.6 Å². The Morgan fingerprint density at radius 2 is 2.50 bits per heavy atom. The van der Waals surface area contributed by atoms with Crippen LogP contribution in [0.25, 0.3) is 0 Å². The quantitative estimate of drug-likeness (QED) is 0.577. The zero-order valence-corrected chi connectivity index (χ0v) is 7.42. The van der Waals surface area contributed by atoms with Crippen LogP contribution in [0.5, 0.6) is 0 Å². The van der Waals surface area contributed by atoms with Gasteiger partial charge in [-0.15, -0.1) is 0 Å². The summed E-state index contributed by atoms with van der Waals surface area (Å²) >= 11 is 0. The smallest absolute Gasteiger partial charge is 0.236 e. The first kappa shape index (κ1) is 9.48. The monoisotopic (exact) mass is 172 g/mol. The zero-order valence-electron chi connectivity index (χ0n) is 7.42. The molecule has 2 N–H and O–H groups in total. The number of aliphatic hydroxyl groups excluding tert-OH is 1. The molecule has 1 aliphatic heterocycles. The molecule has 4 heteroatoms. The van der Waals surface area contributed by atoms with Crippen LogP contribution in [0.4, 0.5) is 0 Å². The number of hydrogen-bond acceptors (Lipinski definition) is 3. The Morgan fingerprint density at radius 1 is 1.75 bits per heavy atom. The number of amides is 1. The Bertz CT molecular complexity index is 161. The van der Waals surface area contributed by atoms with Crippen LogP contribution in [-0.4, -0.2) is 49.2 Å². The molecule has 1 unspecified atom stereocenters. The third kappa shape index (κ3) is 2.19. The summed E-state index contributed by atoms with van der Waals surface area (Å²) in [5.41, 5.74) is 0. The number of carbonyl (C=O) groups is 1. The van der Waals surface area contributed by atoms with Crippen molar-refractivity contribution in [3.8, 4) is 0 Å². The number of rotatable bonds is 3. The molecule has 1 aliphatic rings. The molecule has 0 aromatic rings. The Kier molecular flexibility index (Phi) is 3.49. The van der Waals surface area contributed by atoms with E-state index in [2.05, 4.69) is 5.32 Å². The van der Waals surface area contributed by atoms with Gasteiger partial charge in [-0.25, -0.2) is 0 Å². The molecule has 1 heterocycles. The average molecular weight is 172 g/mol. The van der Waals surface area contributed by atoms with Crippen molar-refractivity contribution in [3.63, 3.8) is 0 Å². The van der Waals surface area contributed by atoms with E-state index in [0.717, 1.165) is 19.5 Å². The number of likely N-dealkylation sites (N-methyl/N-ethyl adjacent to an activating group) is 1. The third-order valence-corrected chi connectivity index (χ3v) is 2.22. The van der Waals surface area contributed by atoms with E-state index in [1.165, 1.54) is 0 Å². The molecule has 0 aliphatic carbocycles. The van der Waals surface area contributed by atoms with Gasteiger partial charge in [-0.2, -0.15) is 0 Å². The van der Waals surface area contributed by atoms with E-state index >= 15 is 0 Å². The highest BCUT2D eigenvalue weighted by atomic mass is 16.3. The molecule has 1 saturated heterocycles. The van der Waals surface area contributed by atoms with E-state index in [4.69, 9.17) is 5.11 Å². The van der Waals surface area contributed by atoms with Crippen molar-refractivity contribution in [1.29, 1.82) is 0 Å². The highest BCUT2D eigenvalue weighted by Gasteiger charge is 2.24. The van der Waals surface area contributed by atoms with E-state index in [1.54, 1.807) is 11.9 Å². The number of hydrogen-bond donors (Lipinski definition) is 2. The van der Waals surface area contributed by atoms with Crippen LogP contribution in [0.2, 0.25) is 0 Å². The van der Waals surface area contributed by atoms with Gasteiger partial charge in [-0.3, -0.25) is 4.79 Å². The van der Waals surface area contributed by atoms with Crippen LogP contribution < -0.4 is 5.32 Å². The van der Waals surface area contributed by atoms with Gasteiger partial charge in [0.25, 0.3) is 0 Å². The molecule has 0 spiro atoms. The Balaban J connectivity index is 2.31. The SMILES string of the molecule is CNCC(=O)N1CCC(CO)C1. The predicted molar refractivity (Wildman–Crippen MR) is 45.7 cm³/mol. The third-order valence-electron chi connectivity index (χ3n) is 2.22. The normalized spacial score (nSPS) is 23.2. The molecule has 12 heavy (non-hydrogen) atoms. The minimum absolute atomic E-state index is 0.133. The van der Waals surface area contributed by atoms with Crippen LogP contribution in [0.1, 0.15) is 6.42 Å². The fourth-order valence-electron chi connectivity index (χ4n) is 1.47. The Hall–Kier alpha value is -0.610. The first-order valence-corrected chi connectivity index (χ1v) is 4.31. The van der Waals surface area contributed by atoms with Crippen molar-refractivity contribution < 1.29 is 9.90 Å². The number of aliphatic hydroxyl groups is 1. The second kappa shape index (κ2) is 4.42. The number of carbonyl (C=O) groups excluding carboxylic acids is 1. The van der Waals surface area contributed by atoms with Gasteiger partial charge in [0.15, 0.2) is 0 Å². The maximum Gasteiger partial charge on any atom is 0.236 e. The molecule has 0 bridgehead atoms. The zero-order chi connectivity index (χ0) is 8.97. The summed E-state index contributed by atoms with van der Waals surface area (Å²) in [7, 11) is 1.76. The van der Waals surface area contributed by atoms with Gasteiger partial charge < -0.3 is 15.3 Å². The van der Waals surface area contributed by atoms with Crippen molar-refractivity contribution in [2.24, 2.45) is 5.92 Å². The predicted octanol–water partition coefficient (Wildman–Crippen LogP) is -0.953. The van der Waals surface area contributed by atoms with Gasteiger partial charge in [-0.1, -0.05) is 0 Å². The molecule has 1 amide bonds. The minimum Gasteiger partial charge on any atom is -0.396 e. The fourth-order valence-corrected chi connectivity index (χ4v) is 1.47. The molecule has 1 rings (SSSR count). The maximum atomic E-state index is 11.3. The van der Waals surface area contributed by atoms with Crippen molar-refractivity contribution in [2.75, 3.05) is 33.3 Å². The average Bonchev–Trinajstić information content (AvgIpc) is 2.52. The standard InChI is InChI=1S/C8H16N2O2/c1-9-4-8(12)10-3-2-7(5-10)6-11/h7,9,11H,2-6H2,1H3. The van der Waals surface area contributed by atoms with Crippen LogP contribution in [0.3, 0.4) is 0 Å². The molecular formula is C8H16N2O2. The van der Waals surface area contributed by atoms with Gasteiger partial charge in [-0.05, 0) is 13.5 Å². The molecule has 0 saturated carbocycles. The van der Waals surface area contributed by atoms with Crippen LogP contribution >= 0.6 is 0 Å². The van der Waals surface area contributed by atoms with Crippen molar-refractivity contribution in [1.82, 2.24) is 10.2 Å². The summed E-state index contributed by atoms with van der Waals surface area (Å²) in [5.74, 6) is 0.430. The Labute approximate surface area is 72.6 Å². The van der Waals surface area contributed by atoms with Crippen molar-refractivity contribution >= 4 is 5.91 Å². The lowest BCUT2D eigenvalue weighted by Gasteiger charge is -2.15. The summed E-state index contributed by atoms with van der Waals surface area (Å²) in [4.78, 5) is 13.1. The topological polar surface area (TPSA) is 52.6 Å². The van der Waals surface area contributed by atoms with E-state index in [1.807, 2.05) is 0 Å². The number of likely N-dealkylation sites (tertiary alicyclic amines) is 1. The number of nitrogens with zero attached hydrogens (tertiary/aromatic N) is 1. The molecule has 4 nitrogen and oxygen atoms in total. The second-order valence-corrected chi connectivity index (χ2v) is 3.21. The summed E-state index contributed by atoms with van der Waals surface area (Å²) in [6, 6.07) is 0. The van der Waals surface area contributed by atoms with Crippen LogP contribution in [0, 0.1) is 5.92 Å². The van der Waals surface area contributed by atoms with Gasteiger partial charge in [0.1, 0.15) is 0 Å². The van der Waals surface area contributed by atoms with Crippen LogP contribution in [-0.2, 0) is 4.79 Å². The highest BCUT2D eigenvalue weighted by molar-refractivity contribution is 5.78. The summed E-state index contributed by atoms with van der Waals surface area (Å²) in [6.07, 6.45) is 0.936. The van der Waals surface area contributed by atoms with E-state index in [-0.39, 0.29) is 12.5 Å². The first-order valence-electron chi connectivity index (χ1n) is 4.31. The number of nitrogens with one attached hydrogen (secondary N) is 1. The minimum atomic E-state index is 0.133. The lowest BCUT2D eigenvalue weighted by atomic mass is 10.1. The lowest BCUT2D eigenvalue weighted by molar-refractivity contribution is -0.129. The highest BCUT2D eigenvalue weighted by Crippen LogP contribution is 2.14. The van der Waals surface area contributed by atoms with Gasteiger partial charge in [0.05, 0.1) is 6.54 Å². The fraction of sp³-hybridized carbons (Fsp3) is 0.875. The first-order chi connectivity index (χ1) is 5.77. The maximum absolute atomic E-state index is 11.3. The molecule has 0 aromatic heterocycles. The largest absolute Gasteiger partial charge is 0.396 e. The molecule has 1 fully saturated rings.